The molecule has 2 rings (SSSR count). The van der Waals surface area contributed by atoms with Crippen molar-refractivity contribution in [3.8, 4) is 0 Å². The third kappa shape index (κ3) is 4.22. The van der Waals surface area contributed by atoms with Crippen molar-refractivity contribution in [2.45, 2.75) is 44.9 Å². The molecule has 22 heavy (non-hydrogen) atoms. The maximum atomic E-state index is 12.5. The number of hydrogen-bond acceptors (Lipinski definition) is 2. The molecule has 0 spiro atoms. The van der Waals surface area contributed by atoms with Crippen LogP contribution in [0.3, 0.4) is 0 Å². The molecule has 1 heterocycles. The Morgan fingerprint density at radius 1 is 1.18 bits per heavy atom. The summed E-state index contributed by atoms with van der Waals surface area (Å²) in [5, 5.41) is 3.44. The van der Waals surface area contributed by atoms with Crippen molar-refractivity contribution in [3.05, 3.63) is 35.4 Å². The summed E-state index contributed by atoms with van der Waals surface area (Å²) in [5.74, 6) is -0.197. The molecule has 1 aliphatic heterocycles. The average molecular weight is 314 g/mol. The minimum absolute atomic E-state index is 0.197. The number of rotatable bonds is 3. The molecule has 0 radical (unpaired) electrons. The monoisotopic (exact) mass is 314 g/mol. The van der Waals surface area contributed by atoms with E-state index >= 15 is 0 Å². The summed E-state index contributed by atoms with van der Waals surface area (Å²) < 4.78 is 37.6. The number of likely N-dealkylation sites (tertiary alicyclic amines) is 1. The molecule has 6 heteroatoms. The van der Waals surface area contributed by atoms with Gasteiger partial charge in [0.05, 0.1) is 5.56 Å². The highest BCUT2D eigenvalue weighted by atomic mass is 19.4. The third-order valence-electron chi connectivity index (χ3n) is 3.81. The van der Waals surface area contributed by atoms with E-state index in [1.807, 2.05) is 0 Å². The first-order valence-electron chi connectivity index (χ1n) is 7.50. The van der Waals surface area contributed by atoms with Crippen LogP contribution in [0.25, 0.3) is 0 Å². The van der Waals surface area contributed by atoms with Gasteiger partial charge in [0.2, 0.25) is 0 Å². The van der Waals surface area contributed by atoms with Gasteiger partial charge >= 0.3 is 6.18 Å². The zero-order chi connectivity index (χ0) is 16.3. The highest BCUT2D eigenvalue weighted by molar-refractivity contribution is 5.94. The second-order valence-corrected chi connectivity index (χ2v) is 5.96. The number of piperidine rings is 1. The minimum Gasteiger partial charge on any atom is -0.339 e. The van der Waals surface area contributed by atoms with Gasteiger partial charge in [0.25, 0.3) is 5.91 Å². The molecule has 1 saturated heterocycles. The highest BCUT2D eigenvalue weighted by Crippen LogP contribution is 2.29. The topological polar surface area (TPSA) is 32.3 Å². The third-order valence-corrected chi connectivity index (χ3v) is 3.81. The van der Waals surface area contributed by atoms with Crippen LogP contribution in [0.2, 0.25) is 0 Å². The predicted molar refractivity (Wildman–Crippen MR) is 78.6 cm³/mol. The molecule has 0 aliphatic carbocycles. The van der Waals surface area contributed by atoms with Crippen LogP contribution in [0.5, 0.6) is 0 Å². The Balaban J connectivity index is 1.95. The van der Waals surface area contributed by atoms with E-state index in [2.05, 4.69) is 19.2 Å². The summed E-state index contributed by atoms with van der Waals surface area (Å²) >= 11 is 0. The number of nitrogens with one attached hydrogen (secondary N) is 1. The number of hydrogen-bond donors (Lipinski definition) is 1. The summed E-state index contributed by atoms with van der Waals surface area (Å²) in [7, 11) is 0. The normalized spacial score (nSPS) is 17.1. The maximum absolute atomic E-state index is 12.5. The Labute approximate surface area is 128 Å². The van der Waals surface area contributed by atoms with E-state index in [0.717, 1.165) is 25.0 Å². The fraction of sp³-hybridized carbons (Fsp3) is 0.562. The van der Waals surface area contributed by atoms with Gasteiger partial charge in [-0.1, -0.05) is 13.8 Å². The number of amides is 1. The summed E-state index contributed by atoms with van der Waals surface area (Å²) in [6, 6.07) is 5.23. The van der Waals surface area contributed by atoms with Crippen molar-refractivity contribution < 1.29 is 18.0 Å². The van der Waals surface area contributed by atoms with E-state index in [1.165, 1.54) is 12.1 Å². The number of halogens is 3. The van der Waals surface area contributed by atoms with E-state index in [0.29, 0.717) is 30.7 Å². The van der Waals surface area contributed by atoms with Gasteiger partial charge in [-0.05, 0) is 37.1 Å². The van der Waals surface area contributed by atoms with Crippen molar-refractivity contribution in [1.82, 2.24) is 10.2 Å². The fourth-order valence-corrected chi connectivity index (χ4v) is 2.71. The van der Waals surface area contributed by atoms with E-state index in [4.69, 9.17) is 0 Å². The Kier molecular flexibility index (Phi) is 5.11. The minimum atomic E-state index is -4.37. The first-order chi connectivity index (χ1) is 10.3. The molecule has 1 aliphatic rings. The largest absolute Gasteiger partial charge is 0.416 e. The molecule has 122 valence electrons. The SMILES string of the molecule is CC(C)NC1CCN(C(=O)c2ccc(C(F)(F)F)cc2)CC1. The van der Waals surface area contributed by atoms with E-state index in [-0.39, 0.29) is 5.91 Å². The maximum Gasteiger partial charge on any atom is 0.416 e. The van der Waals surface area contributed by atoms with Crippen LogP contribution >= 0.6 is 0 Å². The van der Waals surface area contributed by atoms with Gasteiger partial charge in [0.15, 0.2) is 0 Å². The Morgan fingerprint density at radius 3 is 2.18 bits per heavy atom. The van der Waals surface area contributed by atoms with Crippen LogP contribution in [-0.2, 0) is 6.18 Å². The second kappa shape index (κ2) is 6.69. The van der Waals surface area contributed by atoms with E-state index in [9.17, 15) is 18.0 Å². The number of carbonyl (C=O) groups excluding carboxylic acids is 1. The van der Waals surface area contributed by atoms with Gasteiger partial charge in [-0.15, -0.1) is 0 Å². The molecule has 0 unspecified atom stereocenters. The van der Waals surface area contributed by atoms with Gasteiger partial charge < -0.3 is 10.2 Å². The zero-order valence-electron chi connectivity index (χ0n) is 12.8. The first-order valence-corrected chi connectivity index (χ1v) is 7.50. The molecule has 0 aromatic heterocycles. The van der Waals surface area contributed by atoms with Crippen LogP contribution in [0.4, 0.5) is 13.2 Å². The Bertz CT molecular complexity index is 503. The van der Waals surface area contributed by atoms with Crippen molar-refractivity contribution >= 4 is 5.91 Å². The van der Waals surface area contributed by atoms with Crippen LogP contribution in [0.15, 0.2) is 24.3 Å². The lowest BCUT2D eigenvalue weighted by atomic mass is 10.0. The molecule has 1 amide bonds. The summed E-state index contributed by atoms with van der Waals surface area (Å²) in [6.45, 7) is 5.42. The molecule has 1 N–H and O–H groups in total. The molecule has 0 saturated carbocycles. The first kappa shape index (κ1) is 16.8. The molecule has 1 fully saturated rings. The smallest absolute Gasteiger partial charge is 0.339 e. The Morgan fingerprint density at radius 2 is 1.73 bits per heavy atom. The molecule has 3 nitrogen and oxygen atoms in total. The number of alkyl halides is 3. The fourth-order valence-electron chi connectivity index (χ4n) is 2.71. The lowest BCUT2D eigenvalue weighted by molar-refractivity contribution is -0.137. The molecule has 1 aromatic carbocycles. The second-order valence-electron chi connectivity index (χ2n) is 5.96. The molecule has 1 aromatic rings. The van der Waals surface area contributed by atoms with Crippen molar-refractivity contribution in [3.63, 3.8) is 0 Å². The van der Waals surface area contributed by atoms with Crippen molar-refractivity contribution in [2.24, 2.45) is 0 Å². The molecular formula is C16H21F3N2O. The molecule has 0 bridgehead atoms. The van der Waals surface area contributed by atoms with Gasteiger partial charge in [-0.25, -0.2) is 0 Å². The number of carbonyl (C=O) groups is 1. The van der Waals surface area contributed by atoms with Crippen LogP contribution in [0, 0.1) is 0 Å². The summed E-state index contributed by atoms with van der Waals surface area (Å²) in [5.41, 5.74) is -0.424. The number of benzene rings is 1. The van der Waals surface area contributed by atoms with Crippen LogP contribution < -0.4 is 5.32 Å². The highest BCUT2D eigenvalue weighted by Gasteiger charge is 2.30. The van der Waals surface area contributed by atoms with Crippen molar-refractivity contribution in [2.75, 3.05) is 13.1 Å². The van der Waals surface area contributed by atoms with Gasteiger partial charge in [-0.3, -0.25) is 4.79 Å². The van der Waals surface area contributed by atoms with Gasteiger partial charge in [0, 0.05) is 30.7 Å². The Hall–Kier alpha value is -1.56. The predicted octanol–water partition coefficient (Wildman–Crippen LogP) is 3.31. The van der Waals surface area contributed by atoms with Gasteiger partial charge in [-0.2, -0.15) is 13.2 Å². The molecular weight excluding hydrogens is 293 g/mol. The number of nitrogens with zero attached hydrogens (tertiary/aromatic N) is 1. The van der Waals surface area contributed by atoms with Crippen LogP contribution in [-0.4, -0.2) is 36.0 Å². The molecule has 0 atom stereocenters. The lowest BCUT2D eigenvalue weighted by Crippen LogP contribution is -2.46. The van der Waals surface area contributed by atoms with Crippen molar-refractivity contribution in [1.29, 1.82) is 0 Å². The van der Waals surface area contributed by atoms with E-state index in [1.54, 1.807) is 4.90 Å². The average Bonchev–Trinajstić information content (AvgIpc) is 2.46. The summed E-state index contributed by atoms with van der Waals surface area (Å²) in [4.78, 5) is 14.0. The lowest BCUT2D eigenvalue weighted by Gasteiger charge is -2.33. The van der Waals surface area contributed by atoms with E-state index < -0.39 is 11.7 Å². The standard InChI is InChI=1S/C16H21F3N2O/c1-11(2)20-14-7-9-21(10-8-14)15(22)12-3-5-13(6-4-12)16(17,18)19/h3-6,11,14,20H,7-10H2,1-2H3. The quantitative estimate of drug-likeness (QED) is 0.928. The summed E-state index contributed by atoms with van der Waals surface area (Å²) in [6.07, 6.45) is -2.64. The van der Waals surface area contributed by atoms with Crippen LogP contribution in [0.1, 0.15) is 42.6 Å². The van der Waals surface area contributed by atoms with Gasteiger partial charge in [0.1, 0.15) is 0 Å². The zero-order valence-corrected chi connectivity index (χ0v) is 12.8.